The molecule has 11 heavy (non-hydrogen) atoms. The summed E-state index contributed by atoms with van der Waals surface area (Å²) in [4.78, 5) is 0. The molecule has 0 fully saturated rings. The maximum absolute atomic E-state index is 5.55. The molecule has 1 aliphatic rings. The zero-order valence-corrected chi connectivity index (χ0v) is 6.74. The summed E-state index contributed by atoms with van der Waals surface area (Å²) in [5.41, 5.74) is 8.95. The number of anilines is 2. The number of benzene rings is 1. The van der Waals surface area contributed by atoms with E-state index < -0.39 is 0 Å². The predicted octanol–water partition coefficient (Wildman–Crippen LogP) is 1.55. The lowest BCUT2D eigenvalue weighted by Crippen LogP contribution is -1.98. The van der Waals surface area contributed by atoms with Gasteiger partial charge in [-0.25, -0.2) is 0 Å². The van der Waals surface area contributed by atoms with Gasteiger partial charge in [-0.15, -0.1) is 0 Å². The fourth-order valence-corrected chi connectivity index (χ4v) is 1.78. The molecular formula is C7H9N3S. The SMILES string of the molecule is NCc1cccc2c1NSN2. The molecule has 1 aromatic carbocycles. The Morgan fingerprint density at radius 1 is 1.36 bits per heavy atom. The van der Waals surface area contributed by atoms with Crippen molar-refractivity contribution in [3.05, 3.63) is 23.8 Å². The van der Waals surface area contributed by atoms with Crippen molar-refractivity contribution in [3.8, 4) is 0 Å². The monoisotopic (exact) mass is 167 g/mol. The van der Waals surface area contributed by atoms with Gasteiger partial charge in [-0.2, -0.15) is 0 Å². The van der Waals surface area contributed by atoms with E-state index in [0.717, 1.165) is 16.9 Å². The molecule has 1 aromatic rings. The van der Waals surface area contributed by atoms with Crippen LogP contribution < -0.4 is 15.2 Å². The van der Waals surface area contributed by atoms with Gasteiger partial charge in [0.2, 0.25) is 0 Å². The minimum atomic E-state index is 0.582. The Kier molecular flexibility index (Phi) is 1.63. The number of nitrogens with two attached hydrogens (primary N) is 1. The van der Waals surface area contributed by atoms with Crippen LogP contribution in [0.5, 0.6) is 0 Å². The summed E-state index contributed by atoms with van der Waals surface area (Å²) in [6, 6.07) is 6.06. The van der Waals surface area contributed by atoms with Crippen LogP contribution in [0.1, 0.15) is 5.56 Å². The van der Waals surface area contributed by atoms with E-state index in [2.05, 4.69) is 9.44 Å². The molecule has 4 heteroatoms. The van der Waals surface area contributed by atoms with E-state index in [1.54, 1.807) is 0 Å². The van der Waals surface area contributed by atoms with Crippen LogP contribution in [0.15, 0.2) is 18.2 Å². The quantitative estimate of drug-likeness (QED) is 0.555. The molecule has 58 valence electrons. The van der Waals surface area contributed by atoms with Crippen LogP contribution in [0.25, 0.3) is 0 Å². The summed E-state index contributed by atoms with van der Waals surface area (Å²) in [7, 11) is 0. The topological polar surface area (TPSA) is 50.1 Å². The zero-order chi connectivity index (χ0) is 7.68. The van der Waals surface area contributed by atoms with Crippen molar-refractivity contribution in [3.63, 3.8) is 0 Å². The summed E-state index contributed by atoms with van der Waals surface area (Å²) >= 11 is 1.48. The fourth-order valence-electron chi connectivity index (χ4n) is 1.11. The third kappa shape index (κ3) is 1.04. The predicted molar refractivity (Wildman–Crippen MR) is 49.2 cm³/mol. The molecule has 0 atom stereocenters. The second kappa shape index (κ2) is 2.64. The molecular weight excluding hydrogens is 158 g/mol. The van der Waals surface area contributed by atoms with Gasteiger partial charge in [0.15, 0.2) is 0 Å². The standard InChI is InChI=1S/C7H9N3S/c8-4-5-2-1-3-6-7(5)10-11-9-6/h1-3,9-10H,4,8H2. The first-order valence-electron chi connectivity index (χ1n) is 3.41. The number of para-hydroxylation sites is 1. The number of hydrogen-bond donors (Lipinski definition) is 3. The van der Waals surface area contributed by atoms with E-state index >= 15 is 0 Å². The minimum absolute atomic E-state index is 0.582. The van der Waals surface area contributed by atoms with Crippen molar-refractivity contribution in [2.24, 2.45) is 5.73 Å². The molecule has 0 aromatic heterocycles. The average molecular weight is 167 g/mol. The van der Waals surface area contributed by atoms with Crippen LogP contribution in [0.2, 0.25) is 0 Å². The summed E-state index contributed by atoms with van der Waals surface area (Å²) in [5.74, 6) is 0. The molecule has 2 rings (SSSR count). The highest BCUT2D eigenvalue weighted by atomic mass is 32.2. The van der Waals surface area contributed by atoms with Crippen LogP contribution in [0.4, 0.5) is 11.4 Å². The van der Waals surface area contributed by atoms with E-state index in [-0.39, 0.29) is 0 Å². The van der Waals surface area contributed by atoms with Gasteiger partial charge in [0, 0.05) is 6.54 Å². The second-order valence-corrected chi connectivity index (χ2v) is 2.96. The van der Waals surface area contributed by atoms with Gasteiger partial charge < -0.3 is 15.2 Å². The molecule has 0 amide bonds. The maximum atomic E-state index is 5.55. The molecule has 3 nitrogen and oxygen atoms in total. The Labute approximate surface area is 69.6 Å². The number of hydrogen-bond acceptors (Lipinski definition) is 4. The lowest BCUT2D eigenvalue weighted by atomic mass is 10.1. The van der Waals surface area contributed by atoms with Crippen LogP contribution in [-0.4, -0.2) is 0 Å². The Balaban J connectivity index is 2.50. The van der Waals surface area contributed by atoms with Crippen molar-refractivity contribution < 1.29 is 0 Å². The van der Waals surface area contributed by atoms with E-state index in [1.807, 2.05) is 18.2 Å². The zero-order valence-electron chi connectivity index (χ0n) is 5.92. The highest BCUT2D eigenvalue weighted by Gasteiger charge is 2.12. The molecule has 0 spiro atoms. The Morgan fingerprint density at radius 3 is 3.09 bits per heavy atom. The maximum Gasteiger partial charge on any atom is 0.0742 e. The molecule has 0 unspecified atom stereocenters. The Hall–Kier alpha value is -0.870. The van der Waals surface area contributed by atoms with Crippen LogP contribution in [0, 0.1) is 0 Å². The lowest BCUT2D eigenvalue weighted by Gasteiger charge is -2.02. The van der Waals surface area contributed by atoms with Crippen molar-refractivity contribution in [2.45, 2.75) is 6.54 Å². The first-order chi connectivity index (χ1) is 5.42. The van der Waals surface area contributed by atoms with Crippen LogP contribution >= 0.6 is 12.1 Å². The van der Waals surface area contributed by atoms with Gasteiger partial charge >= 0.3 is 0 Å². The summed E-state index contributed by atoms with van der Waals surface area (Å²) in [6.07, 6.45) is 0. The van der Waals surface area contributed by atoms with Crippen LogP contribution in [-0.2, 0) is 6.54 Å². The van der Waals surface area contributed by atoms with Crippen molar-refractivity contribution in [1.29, 1.82) is 0 Å². The molecule has 0 radical (unpaired) electrons. The molecule has 0 saturated heterocycles. The van der Waals surface area contributed by atoms with E-state index in [0.29, 0.717) is 6.54 Å². The first kappa shape index (κ1) is 6.82. The molecule has 4 N–H and O–H groups in total. The second-order valence-electron chi connectivity index (χ2n) is 2.35. The summed E-state index contributed by atoms with van der Waals surface area (Å²) < 4.78 is 6.27. The third-order valence-corrected chi connectivity index (χ3v) is 2.31. The largest absolute Gasteiger partial charge is 0.326 e. The highest BCUT2D eigenvalue weighted by Crippen LogP contribution is 2.35. The summed E-state index contributed by atoms with van der Waals surface area (Å²) in [5, 5.41) is 0. The van der Waals surface area contributed by atoms with Gasteiger partial charge in [0.25, 0.3) is 0 Å². The smallest absolute Gasteiger partial charge is 0.0742 e. The molecule has 1 heterocycles. The Morgan fingerprint density at radius 2 is 2.27 bits per heavy atom. The third-order valence-electron chi connectivity index (χ3n) is 1.68. The molecule has 0 saturated carbocycles. The van der Waals surface area contributed by atoms with Crippen LogP contribution in [0.3, 0.4) is 0 Å². The van der Waals surface area contributed by atoms with Crippen molar-refractivity contribution >= 4 is 23.5 Å². The van der Waals surface area contributed by atoms with E-state index in [4.69, 9.17) is 5.73 Å². The van der Waals surface area contributed by atoms with Gasteiger partial charge in [0.05, 0.1) is 23.5 Å². The molecule has 0 bridgehead atoms. The minimum Gasteiger partial charge on any atom is -0.326 e. The summed E-state index contributed by atoms with van der Waals surface area (Å²) in [6.45, 7) is 0.582. The Bertz CT molecular complexity index is 274. The number of fused-ring (bicyclic) bond motifs is 1. The normalized spacial score (nSPS) is 13.5. The molecule has 0 aliphatic carbocycles. The lowest BCUT2D eigenvalue weighted by molar-refractivity contribution is 1.08. The highest BCUT2D eigenvalue weighted by molar-refractivity contribution is 8.02. The van der Waals surface area contributed by atoms with Gasteiger partial charge in [-0.05, 0) is 11.6 Å². The van der Waals surface area contributed by atoms with Gasteiger partial charge in [-0.1, -0.05) is 12.1 Å². The number of rotatable bonds is 1. The van der Waals surface area contributed by atoms with Crippen molar-refractivity contribution in [1.82, 2.24) is 0 Å². The average Bonchev–Trinajstić information content (AvgIpc) is 2.50. The van der Waals surface area contributed by atoms with Crippen molar-refractivity contribution in [2.75, 3.05) is 9.44 Å². The fraction of sp³-hybridized carbons (Fsp3) is 0.143. The van der Waals surface area contributed by atoms with E-state index in [9.17, 15) is 0 Å². The van der Waals surface area contributed by atoms with Gasteiger partial charge in [-0.3, -0.25) is 0 Å². The van der Waals surface area contributed by atoms with Gasteiger partial charge in [0.1, 0.15) is 0 Å². The first-order valence-corrected chi connectivity index (χ1v) is 4.23. The van der Waals surface area contributed by atoms with E-state index in [1.165, 1.54) is 12.1 Å². The number of nitrogens with one attached hydrogen (secondary N) is 2. The molecule has 1 aliphatic heterocycles.